The van der Waals surface area contributed by atoms with Crippen molar-refractivity contribution < 1.29 is 9.90 Å². The van der Waals surface area contributed by atoms with E-state index in [9.17, 15) is 9.90 Å². The van der Waals surface area contributed by atoms with Crippen LogP contribution in [0.3, 0.4) is 0 Å². The van der Waals surface area contributed by atoms with Gasteiger partial charge in [0.05, 0.1) is 6.61 Å². The first kappa shape index (κ1) is 18.9. The van der Waals surface area contributed by atoms with Crippen LogP contribution < -0.4 is 5.32 Å². The number of piperidine rings is 1. The lowest BCUT2D eigenvalue weighted by Gasteiger charge is -2.39. The molecule has 2 atom stereocenters. The first-order chi connectivity index (χ1) is 11.4. The number of carbonyl (C=O) groups is 1. The van der Waals surface area contributed by atoms with Crippen LogP contribution in [0.2, 0.25) is 0 Å². The van der Waals surface area contributed by atoms with E-state index in [0.29, 0.717) is 12.3 Å². The largest absolute Gasteiger partial charge is 0.395 e. The highest BCUT2D eigenvalue weighted by Crippen LogP contribution is 2.24. The summed E-state index contributed by atoms with van der Waals surface area (Å²) in [6.07, 6.45) is 3.73. The molecule has 2 rings (SSSR count). The fourth-order valence-electron chi connectivity index (χ4n) is 3.93. The molecule has 1 saturated heterocycles. The van der Waals surface area contributed by atoms with Gasteiger partial charge in [-0.05, 0) is 70.2 Å². The summed E-state index contributed by atoms with van der Waals surface area (Å²) in [7, 11) is 0. The highest BCUT2D eigenvalue weighted by Gasteiger charge is 2.27. The van der Waals surface area contributed by atoms with Crippen LogP contribution in [-0.4, -0.2) is 41.7 Å². The minimum Gasteiger partial charge on any atom is -0.395 e. The number of hydrogen-bond donors (Lipinski definition) is 2. The fourth-order valence-corrected chi connectivity index (χ4v) is 3.93. The number of nitrogens with one attached hydrogen (secondary N) is 1. The van der Waals surface area contributed by atoms with Gasteiger partial charge in [-0.25, -0.2) is 0 Å². The third kappa shape index (κ3) is 4.81. The molecule has 0 saturated carbocycles. The smallest absolute Gasteiger partial charge is 0.224 e. The minimum atomic E-state index is 0.0793. The molecular weight excluding hydrogens is 300 g/mol. The van der Waals surface area contributed by atoms with Crippen molar-refractivity contribution in [1.29, 1.82) is 0 Å². The Morgan fingerprint density at radius 3 is 2.58 bits per heavy atom. The average molecular weight is 332 g/mol. The first-order valence-corrected chi connectivity index (χ1v) is 9.15. The number of anilines is 1. The third-order valence-electron chi connectivity index (χ3n) is 5.21. The first-order valence-electron chi connectivity index (χ1n) is 9.15. The standard InChI is InChI=1S/C20H32N2O2/c1-14-11-16(3)20(17(4)12-14)21-19(24)8-6-10-22-9-5-7-15(2)18(22)13-23/h11-12,15,18,23H,5-10,13H2,1-4H3,(H,21,24). The normalized spacial score (nSPS) is 21.7. The van der Waals surface area contributed by atoms with E-state index in [4.69, 9.17) is 0 Å². The van der Waals surface area contributed by atoms with Crippen LogP contribution in [0.15, 0.2) is 12.1 Å². The fraction of sp³-hybridized carbons (Fsp3) is 0.650. The number of amides is 1. The number of benzene rings is 1. The van der Waals surface area contributed by atoms with Crippen molar-refractivity contribution in [3.63, 3.8) is 0 Å². The Hall–Kier alpha value is -1.39. The maximum atomic E-state index is 12.3. The summed E-state index contributed by atoms with van der Waals surface area (Å²) in [5.74, 6) is 0.617. The molecule has 2 unspecified atom stereocenters. The van der Waals surface area contributed by atoms with E-state index in [1.165, 1.54) is 18.4 Å². The molecule has 1 aliphatic heterocycles. The highest BCUT2D eigenvalue weighted by atomic mass is 16.3. The van der Waals surface area contributed by atoms with Gasteiger partial charge >= 0.3 is 0 Å². The van der Waals surface area contributed by atoms with E-state index >= 15 is 0 Å². The Morgan fingerprint density at radius 2 is 1.96 bits per heavy atom. The van der Waals surface area contributed by atoms with E-state index < -0.39 is 0 Å². The number of rotatable bonds is 6. The summed E-state index contributed by atoms with van der Waals surface area (Å²) < 4.78 is 0. The second-order valence-electron chi connectivity index (χ2n) is 7.33. The van der Waals surface area contributed by atoms with Gasteiger partial charge in [0.15, 0.2) is 0 Å². The van der Waals surface area contributed by atoms with E-state index in [1.54, 1.807) is 0 Å². The number of aliphatic hydroxyl groups excluding tert-OH is 1. The Labute approximate surface area is 146 Å². The number of likely N-dealkylation sites (tertiary alicyclic amines) is 1. The van der Waals surface area contributed by atoms with Gasteiger partial charge < -0.3 is 10.4 Å². The third-order valence-corrected chi connectivity index (χ3v) is 5.21. The number of hydrogen-bond acceptors (Lipinski definition) is 3. The van der Waals surface area contributed by atoms with Crippen LogP contribution in [0.25, 0.3) is 0 Å². The quantitative estimate of drug-likeness (QED) is 0.839. The van der Waals surface area contributed by atoms with Crippen molar-refractivity contribution in [2.24, 2.45) is 5.92 Å². The van der Waals surface area contributed by atoms with Crippen molar-refractivity contribution in [3.05, 3.63) is 28.8 Å². The van der Waals surface area contributed by atoms with Crippen molar-refractivity contribution in [1.82, 2.24) is 4.90 Å². The molecule has 4 heteroatoms. The maximum absolute atomic E-state index is 12.3. The molecule has 4 nitrogen and oxygen atoms in total. The molecule has 1 amide bonds. The zero-order chi connectivity index (χ0) is 17.7. The number of aryl methyl sites for hydroxylation is 3. The molecule has 2 N–H and O–H groups in total. The van der Waals surface area contributed by atoms with Gasteiger partial charge in [-0.3, -0.25) is 9.69 Å². The van der Waals surface area contributed by atoms with Gasteiger partial charge in [0, 0.05) is 18.2 Å². The Bertz CT molecular complexity index is 548. The van der Waals surface area contributed by atoms with Crippen LogP contribution in [0.4, 0.5) is 5.69 Å². The predicted molar refractivity (Wildman–Crippen MR) is 99.4 cm³/mol. The molecule has 0 spiro atoms. The van der Waals surface area contributed by atoms with Crippen LogP contribution in [0.1, 0.15) is 49.3 Å². The average Bonchev–Trinajstić information content (AvgIpc) is 2.51. The van der Waals surface area contributed by atoms with Crippen LogP contribution in [0.5, 0.6) is 0 Å². The minimum absolute atomic E-state index is 0.0793. The van der Waals surface area contributed by atoms with E-state index in [2.05, 4.69) is 36.2 Å². The summed E-state index contributed by atoms with van der Waals surface area (Å²) in [6, 6.07) is 4.45. The lowest BCUT2D eigenvalue weighted by Crippen LogP contribution is -2.47. The maximum Gasteiger partial charge on any atom is 0.224 e. The molecule has 1 aromatic carbocycles. The topological polar surface area (TPSA) is 52.6 Å². The van der Waals surface area contributed by atoms with Gasteiger partial charge in [0.25, 0.3) is 0 Å². The summed E-state index contributed by atoms with van der Waals surface area (Å²) in [4.78, 5) is 14.6. The Balaban J connectivity index is 1.83. The van der Waals surface area contributed by atoms with E-state index in [-0.39, 0.29) is 18.6 Å². The summed E-state index contributed by atoms with van der Waals surface area (Å²) in [5.41, 5.74) is 4.40. The van der Waals surface area contributed by atoms with Gasteiger partial charge in [0.2, 0.25) is 5.91 Å². The van der Waals surface area contributed by atoms with Gasteiger partial charge in [-0.2, -0.15) is 0 Å². The summed E-state index contributed by atoms with van der Waals surface area (Å²) in [5, 5.41) is 12.7. The van der Waals surface area contributed by atoms with Crippen LogP contribution in [0, 0.1) is 26.7 Å². The lowest BCUT2D eigenvalue weighted by molar-refractivity contribution is -0.116. The SMILES string of the molecule is Cc1cc(C)c(NC(=O)CCCN2CCCC(C)C2CO)c(C)c1. The Kier molecular flexibility index (Phi) is 6.81. The molecule has 1 aliphatic rings. The zero-order valence-corrected chi connectivity index (χ0v) is 15.6. The number of carbonyl (C=O) groups excluding carboxylic acids is 1. The predicted octanol–water partition coefficient (Wildman–Crippen LogP) is 3.42. The molecule has 0 aromatic heterocycles. The number of nitrogens with zero attached hydrogens (tertiary/aromatic N) is 1. The lowest BCUT2D eigenvalue weighted by atomic mass is 9.91. The van der Waals surface area contributed by atoms with Crippen molar-refractivity contribution >= 4 is 11.6 Å². The molecule has 134 valence electrons. The molecule has 0 radical (unpaired) electrons. The van der Waals surface area contributed by atoms with Gasteiger partial charge in [-0.15, -0.1) is 0 Å². The van der Waals surface area contributed by atoms with Crippen LogP contribution >= 0.6 is 0 Å². The van der Waals surface area contributed by atoms with Gasteiger partial charge in [-0.1, -0.05) is 24.6 Å². The van der Waals surface area contributed by atoms with Crippen molar-refractivity contribution in [3.8, 4) is 0 Å². The summed E-state index contributed by atoms with van der Waals surface area (Å²) >= 11 is 0. The molecule has 0 aliphatic carbocycles. The van der Waals surface area contributed by atoms with Crippen molar-refractivity contribution in [2.75, 3.05) is 25.0 Å². The number of aliphatic hydroxyl groups is 1. The molecule has 1 aromatic rings. The van der Waals surface area contributed by atoms with E-state index in [0.717, 1.165) is 36.3 Å². The molecule has 1 fully saturated rings. The Morgan fingerprint density at radius 1 is 1.29 bits per heavy atom. The summed E-state index contributed by atoms with van der Waals surface area (Å²) in [6.45, 7) is 10.5. The van der Waals surface area contributed by atoms with E-state index in [1.807, 2.05) is 13.8 Å². The molecule has 1 heterocycles. The monoisotopic (exact) mass is 332 g/mol. The molecular formula is C20H32N2O2. The second kappa shape index (κ2) is 8.63. The molecule has 24 heavy (non-hydrogen) atoms. The highest BCUT2D eigenvalue weighted by molar-refractivity contribution is 5.92. The van der Waals surface area contributed by atoms with Gasteiger partial charge in [0.1, 0.15) is 0 Å². The van der Waals surface area contributed by atoms with Crippen molar-refractivity contribution in [2.45, 2.75) is 59.4 Å². The second-order valence-corrected chi connectivity index (χ2v) is 7.33. The zero-order valence-electron chi connectivity index (χ0n) is 15.6. The molecule has 0 bridgehead atoms. The van der Waals surface area contributed by atoms with Crippen LogP contribution in [-0.2, 0) is 4.79 Å².